The normalized spacial score (nSPS) is 11.9. The average Bonchev–Trinajstić information content (AvgIpc) is 2.20. The summed E-state index contributed by atoms with van der Waals surface area (Å²) in [7, 11) is 0. The van der Waals surface area contributed by atoms with Crippen LogP contribution in [0.3, 0.4) is 0 Å². The van der Waals surface area contributed by atoms with Crippen LogP contribution >= 0.6 is 0 Å². The molecule has 0 aliphatic rings. The molecule has 0 heterocycles. The molecule has 0 radical (unpaired) electrons. The van der Waals surface area contributed by atoms with Crippen LogP contribution in [0.25, 0.3) is 0 Å². The quantitative estimate of drug-likeness (QED) is 0.266. The zero-order chi connectivity index (χ0) is 11.5. The number of rotatable bonds is 8. The van der Waals surface area contributed by atoms with Gasteiger partial charge >= 0.3 is 0 Å². The van der Waals surface area contributed by atoms with Crippen LogP contribution in [0.15, 0.2) is 36.5 Å². The lowest BCUT2D eigenvalue weighted by Crippen LogP contribution is -1.99. The Balaban J connectivity index is 3.87. The molecule has 0 bridgehead atoms. The van der Waals surface area contributed by atoms with Crippen molar-refractivity contribution in [1.82, 2.24) is 0 Å². The van der Waals surface area contributed by atoms with Crippen LogP contribution in [-0.2, 0) is 0 Å². The van der Waals surface area contributed by atoms with Gasteiger partial charge in [-0.1, -0.05) is 37.8 Å². The van der Waals surface area contributed by atoms with Gasteiger partial charge in [-0.05, 0) is 24.8 Å². The monoisotopic (exact) mass is 209 g/mol. The molecule has 0 aromatic carbocycles. The molecule has 0 aliphatic carbocycles. The molecule has 0 unspecified atom stereocenters. The second kappa shape index (κ2) is 9.19. The predicted molar refractivity (Wildman–Crippen MR) is 63.4 cm³/mol. The summed E-state index contributed by atoms with van der Waals surface area (Å²) in [6.45, 7) is 5.79. The highest BCUT2D eigenvalue weighted by Crippen LogP contribution is 2.09. The van der Waals surface area contributed by atoms with Gasteiger partial charge in [0, 0.05) is 11.3 Å². The Kier molecular flexibility index (Phi) is 8.34. The lowest BCUT2D eigenvalue weighted by Gasteiger charge is -1.99. The van der Waals surface area contributed by atoms with Crippen LogP contribution < -0.4 is 0 Å². The molecule has 84 valence electrons. The van der Waals surface area contributed by atoms with Gasteiger partial charge in [0.1, 0.15) is 0 Å². The highest BCUT2D eigenvalue weighted by atomic mass is 16.6. The fourth-order valence-electron chi connectivity index (χ4n) is 1.21. The van der Waals surface area contributed by atoms with Crippen molar-refractivity contribution in [3.8, 4) is 0 Å². The Morgan fingerprint density at radius 1 is 1.47 bits per heavy atom. The van der Waals surface area contributed by atoms with Crippen molar-refractivity contribution >= 4 is 0 Å². The van der Waals surface area contributed by atoms with E-state index in [0.717, 1.165) is 19.3 Å². The van der Waals surface area contributed by atoms with Crippen LogP contribution in [0.5, 0.6) is 0 Å². The molecule has 0 amide bonds. The molecule has 0 atom stereocenters. The molecule has 0 spiro atoms. The first-order valence-corrected chi connectivity index (χ1v) is 5.30. The summed E-state index contributed by atoms with van der Waals surface area (Å²) >= 11 is 0. The number of nitrogens with zero attached hydrogens (tertiary/aromatic N) is 1. The summed E-state index contributed by atoms with van der Waals surface area (Å²) < 4.78 is 0. The summed E-state index contributed by atoms with van der Waals surface area (Å²) in [5.41, 5.74) is 1.19. The maximum Gasteiger partial charge on any atom is 0.203 e. The van der Waals surface area contributed by atoms with Gasteiger partial charge in [-0.2, -0.15) is 0 Å². The fourth-order valence-corrected chi connectivity index (χ4v) is 1.21. The molecule has 0 aliphatic heterocycles. The molecule has 3 heteroatoms. The van der Waals surface area contributed by atoms with Gasteiger partial charge in [0.25, 0.3) is 0 Å². The Labute approximate surface area is 91.3 Å². The van der Waals surface area contributed by atoms with E-state index < -0.39 is 0 Å². The van der Waals surface area contributed by atoms with Gasteiger partial charge in [0.2, 0.25) is 6.54 Å². The molecule has 0 aromatic heterocycles. The Morgan fingerprint density at radius 3 is 2.73 bits per heavy atom. The highest BCUT2D eigenvalue weighted by molar-refractivity contribution is 5.22. The van der Waals surface area contributed by atoms with E-state index in [0.29, 0.717) is 6.42 Å². The number of allylic oxidation sites excluding steroid dienone is 5. The number of unbranched alkanes of at least 4 members (excludes halogenated alkanes) is 1. The molecule has 15 heavy (non-hydrogen) atoms. The molecular formula is C12H19NO2. The van der Waals surface area contributed by atoms with E-state index in [9.17, 15) is 10.1 Å². The highest BCUT2D eigenvalue weighted by Gasteiger charge is 1.97. The Morgan fingerprint density at radius 2 is 2.20 bits per heavy atom. The summed E-state index contributed by atoms with van der Waals surface area (Å²) in [5, 5.41) is 10.1. The number of nitro groups is 1. The summed E-state index contributed by atoms with van der Waals surface area (Å²) in [6.07, 6.45) is 11.2. The Bertz CT molecular complexity index is 254. The third-order valence-electron chi connectivity index (χ3n) is 1.96. The zero-order valence-corrected chi connectivity index (χ0v) is 9.32. The van der Waals surface area contributed by atoms with Crippen LogP contribution in [-0.4, -0.2) is 11.5 Å². The van der Waals surface area contributed by atoms with E-state index in [1.165, 1.54) is 5.57 Å². The van der Waals surface area contributed by atoms with Crippen molar-refractivity contribution in [1.29, 1.82) is 0 Å². The standard InChI is InChI=1S/C12H19NO2/c1-3-5-9-12(8-4-2)10-6-7-11-13(14)15/h4-5,8-9H,2-3,6-7,10-11H2,1H3/b9-5-,12-8+. The minimum Gasteiger partial charge on any atom is -0.265 e. The van der Waals surface area contributed by atoms with Gasteiger partial charge in [-0.25, -0.2) is 0 Å². The van der Waals surface area contributed by atoms with Crippen molar-refractivity contribution in [2.24, 2.45) is 0 Å². The first kappa shape index (κ1) is 13.6. The van der Waals surface area contributed by atoms with Gasteiger partial charge in [-0.15, -0.1) is 0 Å². The maximum atomic E-state index is 10.1. The Hall–Kier alpha value is -1.38. The van der Waals surface area contributed by atoms with Crippen LogP contribution in [0, 0.1) is 10.1 Å². The minimum absolute atomic E-state index is 0.0683. The van der Waals surface area contributed by atoms with Crippen LogP contribution in [0.4, 0.5) is 0 Å². The van der Waals surface area contributed by atoms with Crippen molar-refractivity contribution in [3.63, 3.8) is 0 Å². The van der Waals surface area contributed by atoms with E-state index in [-0.39, 0.29) is 11.5 Å². The molecule has 0 rings (SSSR count). The number of hydrogen-bond acceptors (Lipinski definition) is 2. The number of hydrogen-bond donors (Lipinski definition) is 0. The third kappa shape index (κ3) is 8.94. The fraction of sp³-hybridized carbons (Fsp3) is 0.500. The second-order valence-corrected chi connectivity index (χ2v) is 3.30. The van der Waals surface area contributed by atoms with Gasteiger partial charge in [-0.3, -0.25) is 10.1 Å². The minimum atomic E-state index is -0.265. The molecule has 0 saturated carbocycles. The first-order valence-electron chi connectivity index (χ1n) is 5.30. The summed E-state index contributed by atoms with van der Waals surface area (Å²) in [5.74, 6) is 0. The SMILES string of the molecule is C=C/C=C(\C=C/CC)CCCC[N+](=O)[O-]. The lowest BCUT2D eigenvalue weighted by atomic mass is 10.1. The molecule has 0 fully saturated rings. The third-order valence-corrected chi connectivity index (χ3v) is 1.96. The predicted octanol–water partition coefficient (Wildman–Crippen LogP) is 3.51. The van der Waals surface area contributed by atoms with Crippen LogP contribution in [0.1, 0.15) is 32.6 Å². The first-order chi connectivity index (χ1) is 7.20. The molecular weight excluding hydrogens is 190 g/mol. The van der Waals surface area contributed by atoms with E-state index in [1.54, 1.807) is 6.08 Å². The topological polar surface area (TPSA) is 43.1 Å². The molecule has 0 saturated heterocycles. The van der Waals surface area contributed by atoms with Crippen molar-refractivity contribution in [3.05, 3.63) is 46.6 Å². The smallest absolute Gasteiger partial charge is 0.203 e. The van der Waals surface area contributed by atoms with E-state index in [2.05, 4.69) is 25.7 Å². The molecule has 0 N–H and O–H groups in total. The summed E-state index contributed by atoms with van der Waals surface area (Å²) in [4.78, 5) is 9.84. The van der Waals surface area contributed by atoms with E-state index >= 15 is 0 Å². The van der Waals surface area contributed by atoms with Crippen molar-refractivity contribution in [2.75, 3.05) is 6.54 Å². The van der Waals surface area contributed by atoms with Gasteiger partial charge in [0.05, 0.1) is 0 Å². The van der Waals surface area contributed by atoms with Gasteiger partial charge < -0.3 is 0 Å². The molecule has 0 aromatic rings. The average molecular weight is 209 g/mol. The zero-order valence-electron chi connectivity index (χ0n) is 9.32. The second-order valence-electron chi connectivity index (χ2n) is 3.30. The van der Waals surface area contributed by atoms with E-state index in [1.807, 2.05) is 6.08 Å². The largest absolute Gasteiger partial charge is 0.265 e. The van der Waals surface area contributed by atoms with Crippen LogP contribution in [0.2, 0.25) is 0 Å². The van der Waals surface area contributed by atoms with Crippen molar-refractivity contribution in [2.45, 2.75) is 32.6 Å². The summed E-state index contributed by atoms with van der Waals surface area (Å²) in [6, 6.07) is 0. The lowest BCUT2D eigenvalue weighted by molar-refractivity contribution is -0.480. The van der Waals surface area contributed by atoms with E-state index in [4.69, 9.17) is 0 Å². The van der Waals surface area contributed by atoms with Gasteiger partial charge in [0.15, 0.2) is 0 Å². The maximum absolute atomic E-state index is 10.1. The van der Waals surface area contributed by atoms with Crippen molar-refractivity contribution < 1.29 is 4.92 Å². The molecule has 3 nitrogen and oxygen atoms in total.